The van der Waals surface area contributed by atoms with Crippen molar-refractivity contribution in [2.24, 2.45) is 0 Å². The zero-order valence-corrected chi connectivity index (χ0v) is 9.23. The summed E-state index contributed by atoms with van der Waals surface area (Å²) < 4.78 is 14.3. The Morgan fingerprint density at radius 2 is 2.15 bits per heavy atom. The Hall–Kier alpha value is -0.410. The van der Waals surface area contributed by atoms with Crippen molar-refractivity contribution in [3.8, 4) is 0 Å². The molecule has 0 heterocycles. The Bertz CT molecular complexity index is 312. The third kappa shape index (κ3) is 2.29. The van der Waals surface area contributed by atoms with Crippen molar-refractivity contribution in [1.29, 1.82) is 0 Å². The second kappa shape index (κ2) is 4.20. The fraction of sp³-hybridized carbons (Fsp3) is 0.400. The quantitative estimate of drug-likeness (QED) is 0.851. The molecule has 0 saturated heterocycles. The van der Waals surface area contributed by atoms with Crippen LogP contribution < -0.4 is 0 Å². The lowest BCUT2D eigenvalue weighted by Gasteiger charge is -2.11. The van der Waals surface area contributed by atoms with Gasteiger partial charge in [0.2, 0.25) is 0 Å². The molecule has 0 radical (unpaired) electrons. The molecule has 1 rings (SSSR count). The van der Waals surface area contributed by atoms with E-state index in [9.17, 15) is 4.39 Å². The highest BCUT2D eigenvalue weighted by Gasteiger charge is 2.12. The predicted molar refractivity (Wildman–Crippen MR) is 54.3 cm³/mol. The average Bonchev–Trinajstić information content (AvgIpc) is 2.10. The molecule has 1 atom stereocenters. The number of hydrogen-bond acceptors (Lipinski definition) is 1. The fourth-order valence-electron chi connectivity index (χ4n) is 1.21. The minimum atomic E-state index is -0.218. The number of rotatable bonds is 2. The zero-order valence-electron chi connectivity index (χ0n) is 7.64. The molecule has 1 unspecified atom stereocenters. The van der Waals surface area contributed by atoms with Crippen LogP contribution in [0.1, 0.15) is 24.0 Å². The van der Waals surface area contributed by atoms with E-state index in [0.29, 0.717) is 11.1 Å². The lowest BCUT2D eigenvalue weighted by atomic mass is 9.99. The molecule has 1 N–H and O–H groups in total. The van der Waals surface area contributed by atoms with E-state index in [4.69, 9.17) is 5.11 Å². The van der Waals surface area contributed by atoms with Gasteiger partial charge in [0.15, 0.2) is 0 Å². The van der Waals surface area contributed by atoms with Gasteiger partial charge in [-0.25, -0.2) is 4.39 Å². The first-order valence-electron chi connectivity index (χ1n) is 4.12. The second-order valence-electron chi connectivity index (χ2n) is 3.21. The summed E-state index contributed by atoms with van der Waals surface area (Å²) >= 11 is 3.30. The van der Waals surface area contributed by atoms with Gasteiger partial charge in [-0.05, 0) is 30.2 Å². The second-order valence-corrected chi connectivity index (χ2v) is 4.13. The Kier molecular flexibility index (Phi) is 3.45. The summed E-state index contributed by atoms with van der Waals surface area (Å²) in [5, 5.41) is 8.91. The smallest absolute Gasteiger partial charge is 0.129 e. The summed E-state index contributed by atoms with van der Waals surface area (Å²) in [6.07, 6.45) is 0. The molecule has 72 valence electrons. The van der Waals surface area contributed by atoms with Crippen LogP contribution in [0.2, 0.25) is 0 Å². The van der Waals surface area contributed by atoms with E-state index in [1.54, 1.807) is 26.0 Å². The van der Waals surface area contributed by atoms with Crippen LogP contribution in [0.25, 0.3) is 0 Å². The molecule has 0 saturated carbocycles. The van der Waals surface area contributed by atoms with Crippen LogP contribution in [0.3, 0.4) is 0 Å². The monoisotopic (exact) mass is 246 g/mol. The Morgan fingerprint density at radius 1 is 1.54 bits per heavy atom. The third-order valence-corrected chi connectivity index (χ3v) is 2.51. The zero-order chi connectivity index (χ0) is 10.0. The van der Waals surface area contributed by atoms with Crippen molar-refractivity contribution in [2.75, 3.05) is 6.61 Å². The molecule has 13 heavy (non-hydrogen) atoms. The van der Waals surface area contributed by atoms with Crippen LogP contribution in [-0.2, 0) is 0 Å². The Labute approximate surface area is 85.7 Å². The molecule has 0 fully saturated rings. The molecular formula is C10H12BrFO. The van der Waals surface area contributed by atoms with Gasteiger partial charge in [-0.1, -0.05) is 22.9 Å². The van der Waals surface area contributed by atoms with Crippen molar-refractivity contribution < 1.29 is 9.50 Å². The van der Waals surface area contributed by atoms with E-state index in [1.165, 1.54) is 0 Å². The molecule has 0 spiro atoms. The third-order valence-electron chi connectivity index (χ3n) is 2.05. The van der Waals surface area contributed by atoms with Crippen LogP contribution in [0.15, 0.2) is 16.6 Å². The van der Waals surface area contributed by atoms with Gasteiger partial charge in [-0.2, -0.15) is 0 Å². The highest BCUT2D eigenvalue weighted by atomic mass is 79.9. The lowest BCUT2D eigenvalue weighted by Crippen LogP contribution is -2.03. The highest BCUT2D eigenvalue weighted by Crippen LogP contribution is 2.25. The van der Waals surface area contributed by atoms with E-state index in [0.717, 1.165) is 4.47 Å². The van der Waals surface area contributed by atoms with Crippen LogP contribution in [0.5, 0.6) is 0 Å². The van der Waals surface area contributed by atoms with Crippen LogP contribution in [0.4, 0.5) is 4.39 Å². The molecule has 1 aromatic rings. The molecule has 0 aromatic heterocycles. The number of halogens is 2. The van der Waals surface area contributed by atoms with E-state index in [-0.39, 0.29) is 18.3 Å². The molecule has 3 heteroatoms. The van der Waals surface area contributed by atoms with E-state index in [1.807, 2.05) is 0 Å². The van der Waals surface area contributed by atoms with Crippen molar-refractivity contribution in [3.63, 3.8) is 0 Å². The lowest BCUT2D eigenvalue weighted by molar-refractivity contribution is 0.270. The van der Waals surface area contributed by atoms with E-state index in [2.05, 4.69) is 15.9 Å². The minimum absolute atomic E-state index is 0.0349. The summed E-state index contributed by atoms with van der Waals surface area (Å²) in [6, 6.07) is 3.44. The highest BCUT2D eigenvalue weighted by molar-refractivity contribution is 9.10. The normalized spacial score (nSPS) is 13.0. The summed E-state index contributed by atoms with van der Waals surface area (Å²) in [5.74, 6) is -0.374. The summed E-state index contributed by atoms with van der Waals surface area (Å²) in [7, 11) is 0. The molecule has 0 bridgehead atoms. The first-order valence-corrected chi connectivity index (χ1v) is 4.92. The predicted octanol–water partition coefficient (Wildman–Crippen LogP) is 2.99. The largest absolute Gasteiger partial charge is 0.396 e. The van der Waals surface area contributed by atoms with Gasteiger partial charge >= 0.3 is 0 Å². The van der Waals surface area contributed by atoms with Crippen LogP contribution >= 0.6 is 15.9 Å². The number of aliphatic hydroxyl groups is 1. The van der Waals surface area contributed by atoms with Crippen molar-refractivity contribution in [1.82, 2.24) is 0 Å². The molecular weight excluding hydrogens is 235 g/mol. The Balaban J connectivity index is 3.20. The number of aliphatic hydroxyl groups excluding tert-OH is 1. The maximum Gasteiger partial charge on any atom is 0.129 e. The van der Waals surface area contributed by atoms with Crippen molar-refractivity contribution in [2.45, 2.75) is 19.8 Å². The standard InChI is InChI=1S/C10H12BrFO/c1-6-3-8(11)4-9(10(6)12)7(2)5-13/h3-4,7,13H,5H2,1-2H3. The van der Waals surface area contributed by atoms with Gasteiger partial charge in [0.05, 0.1) is 0 Å². The van der Waals surface area contributed by atoms with Gasteiger partial charge in [-0.15, -0.1) is 0 Å². The molecule has 0 aliphatic rings. The summed E-state index contributed by atoms with van der Waals surface area (Å²) in [5.41, 5.74) is 1.17. The first kappa shape index (κ1) is 10.7. The fourth-order valence-corrected chi connectivity index (χ4v) is 1.80. The molecule has 0 aliphatic carbocycles. The van der Waals surface area contributed by atoms with Gasteiger partial charge in [0, 0.05) is 17.0 Å². The number of benzene rings is 1. The van der Waals surface area contributed by atoms with Gasteiger partial charge < -0.3 is 5.11 Å². The molecule has 1 aromatic carbocycles. The van der Waals surface area contributed by atoms with Crippen molar-refractivity contribution >= 4 is 15.9 Å². The molecule has 0 amide bonds. The van der Waals surface area contributed by atoms with Crippen LogP contribution in [0, 0.1) is 12.7 Å². The SMILES string of the molecule is Cc1cc(Br)cc(C(C)CO)c1F. The van der Waals surface area contributed by atoms with E-state index >= 15 is 0 Å². The summed E-state index contributed by atoms with van der Waals surface area (Å²) in [4.78, 5) is 0. The first-order chi connectivity index (χ1) is 6.06. The molecule has 1 nitrogen and oxygen atoms in total. The van der Waals surface area contributed by atoms with Crippen molar-refractivity contribution in [3.05, 3.63) is 33.5 Å². The number of hydrogen-bond donors (Lipinski definition) is 1. The van der Waals surface area contributed by atoms with Gasteiger partial charge in [0.25, 0.3) is 0 Å². The van der Waals surface area contributed by atoms with E-state index < -0.39 is 0 Å². The average molecular weight is 247 g/mol. The molecule has 0 aliphatic heterocycles. The van der Waals surface area contributed by atoms with Gasteiger partial charge in [-0.3, -0.25) is 0 Å². The maximum atomic E-state index is 13.5. The van der Waals surface area contributed by atoms with Crippen LogP contribution in [-0.4, -0.2) is 11.7 Å². The summed E-state index contributed by atoms with van der Waals surface area (Å²) in [6.45, 7) is 3.48. The Morgan fingerprint density at radius 3 is 2.69 bits per heavy atom. The topological polar surface area (TPSA) is 20.2 Å². The maximum absolute atomic E-state index is 13.5. The number of aryl methyl sites for hydroxylation is 1. The van der Waals surface area contributed by atoms with Gasteiger partial charge in [0.1, 0.15) is 5.82 Å². The minimum Gasteiger partial charge on any atom is -0.396 e.